The Morgan fingerprint density at radius 1 is 1.32 bits per heavy atom. The first kappa shape index (κ1) is 13.0. The highest BCUT2D eigenvalue weighted by molar-refractivity contribution is 8.14. The molecule has 1 aromatic carbocycles. The number of nitrogens with one attached hydrogen (secondary N) is 1. The van der Waals surface area contributed by atoms with E-state index in [1.165, 1.54) is 47.7 Å². The molecule has 1 aliphatic heterocycles. The summed E-state index contributed by atoms with van der Waals surface area (Å²) < 4.78 is 0. The van der Waals surface area contributed by atoms with Crippen molar-refractivity contribution in [2.75, 3.05) is 12.3 Å². The van der Waals surface area contributed by atoms with Gasteiger partial charge in [0.05, 0.1) is 0 Å². The first-order chi connectivity index (χ1) is 9.26. The topological polar surface area (TPSA) is 24.4 Å². The molecule has 0 radical (unpaired) electrons. The van der Waals surface area contributed by atoms with Crippen LogP contribution in [0.25, 0.3) is 0 Å². The molecule has 0 aromatic heterocycles. The van der Waals surface area contributed by atoms with E-state index in [1.807, 2.05) is 11.8 Å². The summed E-state index contributed by atoms with van der Waals surface area (Å²) in [4.78, 5) is 4.74. The third kappa shape index (κ3) is 3.14. The van der Waals surface area contributed by atoms with Crippen LogP contribution in [0.3, 0.4) is 0 Å². The molecule has 3 rings (SSSR count). The van der Waals surface area contributed by atoms with Crippen LogP contribution in [0.1, 0.15) is 36.8 Å². The monoisotopic (exact) mass is 274 g/mol. The van der Waals surface area contributed by atoms with Gasteiger partial charge in [-0.25, -0.2) is 0 Å². The molecular formula is C16H22N2S. The molecule has 1 saturated carbocycles. The second-order valence-electron chi connectivity index (χ2n) is 5.83. The normalized spacial score (nSPS) is 23.1. The van der Waals surface area contributed by atoms with Crippen molar-refractivity contribution in [2.24, 2.45) is 4.99 Å². The molecule has 1 saturated heterocycles. The Labute approximate surface area is 120 Å². The van der Waals surface area contributed by atoms with Crippen LogP contribution in [0.15, 0.2) is 29.3 Å². The summed E-state index contributed by atoms with van der Waals surface area (Å²) in [6.07, 6.45) is 6.46. The quantitative estimate of drug-likeness (QED) is 0.911. The molecule has 3 heteroatoms. The molecule has 0 amide bonds. The lowest BCUT2D eigenvalue weighted by Crippen LogP contribution is -2.40. The number of hydrogen-bond acceptors (Lipinski definition) is 2. The SMILES string of the molecule is Cc1cccc(CCN=C2NC3(CCCC3)CS2)c1. The van der Waals surface area contributed by atoms with Crippen molar-refractivity contribution in [1.29, 1.82) is 0 Å². The average Bonchev–Trinajstić information content (AvgIpc) is 3.01. The molecule has 19 heavy (non-hydrogen) atoms. The standard InChI is InChI=1S/C16H22N2S/c1-13-5-4-6-14(11-13)7-10-17-15-18-16(12-19-15)8-2-3-9-16/h4-6,11H,2-3,7-10,12H2,1H3,(H,17,18). The van der Waals surface area contributed by atoms with Crippen molar-refractivity contribution in [3.05, 3.63) is 35.4 Å². The molecule has 102 valence electrons. The van der Waals surface area contributed by atoms with Crippen LogP contribution >= 0.6 is 11.8 Å². The fourth-order valence-electron chi connectivity index (χ4n) is 3.07. The Bertz CT molecular complexity index is 475. The highest BCUT2D eigenvalue weighted by Gasteiger charge is 2.39. The number of benzene rings is 1. The van der Waals surface area contributed by atoms with E-state index in [0.717, 1.165) is 13.0 Å². The molecule has 1 heterocycles. The maximum atomic E-state index is 4.74. The summed E-state index contributed by atoms with van der Waals surface area (Å²) in [6.45, 7) is 3.04. The first-order valence-corrected chi connectivity index (χ1v) is 8.25. The summed E-state index contributed by atoms with van der Waals surface area (Å²) >= 11 is 1.92. The highest BCUT2D eigenvalue weighted by Crippen LogP contribution is 2.37. The minimum atomic E-state index is 0.396. The van der Waals surface area contributed by atoms with Crippen LogP contribution in [-0.2, 0) is 6.42 Å². The van der Waals surface area contributed by atoms with Crippen LogP contribution < -0.4 is 5.32 Å². The molecule has 1 spiro atoms. The number of aryl methyl sites for hydroxylation is 1. The predicted octanol–water partition coefficient (Wildman–Crippen LogP) is 3.54. The van der Waals surface area contributed by atoms with Gasteiger partial charge in [0, 0.05) is 17.8 Å². The largest absolute Gasteiger partial charge is 0.359 e. The van der Waals surface area contributed by atoms with E-state index >= 15 is 0 Å². The van der Waals surface area contributed by atoms with E-state index in [4.69, 9.17) is 4.99 Å². The molecule has 0 bridgehead atoms. The Morgan fingerprint density at radius 3 is 2.95 bits per heavy atom. The van der Waals surface area contributed by atoms with Gasteiger partial charge in [-0.05, 0) is 31.7 Å². The van der Waals surface area contributed by atoms with Gasteiger partial charge < -0.3 is 5.32 Å². The average molecular weight is 274 g/mol. The number of thioether (sulfide) groups is 1. The van der Waals surface area contributed by atoms with Crippen molar-refractivity contribution < 1.29 is 0 Å². The Kier molecular flexibility index (Phi) is 3.83. The van der Waals surface area contributed by atoms with E-state index < -0.39 is 0 Å². The van der Waals surface area contributed by atoms with Gasteiger partial charge >= 0.3 is 0 Å². The maximum absolute atomic E-state index is 4.74. The van der Waals surface area contributed by atoms with Crippen molar-refractivity contribution in [2.45, 2.75) is 44.6 Å². The van der Waals surface area contributed by atoms with Crippen molar-refractivity contribution >= 4 is 16.9 Å². The zero-order chi connectivity index (χ0) is 13.1. The fraction of sp³-hybridized carbons (Fsp3) is 0.562. The van der Waals surface area contributed by atoms with Gasteiger partial charge in [-0.15, -0.1) is 0 Å². The van der Waals surface area contributed by atoms with Gasteiger partial charge in [0.25, 0.3) is 0 Å². The molecule has 2 fully saturated rings. The molecule has 2 aliphatic rings. The number of amidine groups is 1. The zero-order valence-electron chi connectivity index (χ0n) is 11.6. The van der Waals surface area contributed by atoms with Crippen molar-refractivity contribution in [1.82, 2.24) is 5.32 Å². The Balaban J connectivity index is 1.53. The van der Waals surface area contributed by atoms with Crippen LogP contribution in [0.2, 0.25) is 0 Å². The van der Waals surface area contributed by atoms with Crippen molar-refractivity contribution in [3.8, 4) is 0 Å². The van der Waals surface area contributed by atoms with Gasteiger partial charge in [0.15, 0.2) is 5.17 Å². The number of aliphatic imine (C=N–C) groups is 1. The van der Waals surface area contributed by atoms with Crippen LogP contribution in [-0.4, -0.2) is 23.0 Å². The molecule has 0 atom stereocenters. The van der Waals surface area contributed by atoms with E-state index in [-0.39, 0.29) is 0 Å². The fourth-order valence-corrected chi connectivity index (χ4v) is 4.31. The third-order valence-electron chi connectivity index (χ3n) is 4.16. The zero-order valence-corrected chi connectivity index (χ0v) is 12.4. The van der Waals surface area contributed by atoms with Crippen molar-refractivity contribution in [3.63, 3.8) is 0 Å². The van der Waals surface area contributed by atoms with E-state index in [0.29, 0.717) is 5.54 Å². The highest BCUT2D eigenvalue weighted by atomic mass is 32.2. The minimum absolute atomic E-state index is 0.396. The Hall–Kier alpha value is -0.960. The van der Waals surface area contributed by atoms with E-state index in [9.17, 15) is 0 Å². The van der Waals surface area contributed by atoms with E-state index in [1.54, 1.807) is 0 Å². The summed E-state index contributed by atoms with van der Waals surface area (Å²) in [5.74, 6) is 1.22. The van der Waals surface area contributed by atoms with Gasteiger partial charge in [0.2, 0.25) is 0 Å². The lowest BCUT2D eigenvalue weighted by atomic mass is 10.0. The summed E-state index contributed by atoms with van der Waals surface area (Å²) in [6, 6.07) is 8.73. The summed E-state index contributed by atoms with van der Waals surface area (Å²) in [5.41, 5.74) is 3.12. The van der Waals surface area contributed by atoms with Gasteiger partial charge in [-0.1, -0.05) is 54.4 Å². The molecule has 1 N–H and O–H groups in total. The third-order valence-corrected chi connectivity index (χ3v) is 5.36. The molecule has 2 nitrogen and oxygen atoms in total. The molecule has 1 aromatic rings. The van der Waals surface area contributed by atoms with Crippen LogP contribution in [0, 0.1) is 6.92 Å². The van der Waals surface area contributed by atoms with Gasteiger partial charge in [-0.3, -0.25) is 4.99 Å². The lowest BCUT2D eigenvalue weighted by Gasteiger charge is -2.21. The van der Waals surface area contributed by atoms with Crippen LogP contribution in [0.4, 0.5) is 0 Å². The second kappa shape index (κ2) is 5.58. The molecular weight excluding hydrogens is 252 g/mol. The Morgan fingerprint density at radius 2 is 2.16 bits per heavy atom. The van der Waals surface area contributed by atoms with E-state index in [2.05, 4.69) is 36.5 Å². The smallest absolute Gasteiger partial charge is 0.157 e. The van der Waals surface area contributed by atoms with Gasteiger partial charge in [-0.2, -0.15) is 0 Å². The number of hydrogen-bond donors (Lipinski definition) is 1. The lowest BCUT2D eigenvalue weighted by molar-refractivity contribution is 0.452. The van der Waals surface area contributed by atoms with Gasteiger partial charge in [0.1, 0.15) is 0 Å². The molecule has 1 aliphatic carbocycles. The second-order valence-corrected chi connectivity index (χ2v) is 6.79. The number of rotatable bonds is 3. The first-order valence-electron chi connectivity index (χ1n) is 7.27. The van der Waals surface area contributed by atoms with Crippen LogP contribution in [0.5, 0.6) is 0 Å². The predicted molar refractivity (Wildman–Crippen MR) is 84.0 cm³/mol. The molecule has 0 unspecified atom stereocenters. The summed E-state index contributed by atoms with van der Waals surface area (Å²) in [7, 11) is 0. The summed E-state index contributed by atoms with van der Waals surface area (Å²) in [5, 5.41) is 4.85. The maximum Gasteiger partial charge on any atom is 0.157 e. The number of nitrogens with zero attached hydrogens (tertiary/aromatic N) is 1. The minimum Gasteiger partial charge on any atom is -0.359 e.